The molecule has 0 amide bonds. The number of ether oxygens (including phenoxy) is 1. The number of carbonyl (C=O) groups is 3. The lowest BCUT2D eigenvalue weighted by Gasteiger charge is -2.17. The van der Waals surface area contributed by atoms with E-state index in [0.29, 0.717) is 22.7 Å². The molecular formula is C26H27FN4O5S. The average Bonchev–Trinajstić information content (AvgIpc) is 3.61. The van der Waals surface area contributed by atoms with Crippen LogP contribution in [-0.2, 0) is 9.59 Å². The van der Waals surface area contributed by atoms with Gasteiger partial charge in [-0.3, -0.25) is 14.4 Å². The number of carbonyl (C=O) groups excluding carboxylic acids is 2. The van der Waals surface area contributed by atoms with E-state index < -0.39 is 35.5 Å². The van der Waals surface area contributed by atoms with Crippen molar-refractivity contribution in [3.8, 4) is 27.7 Å². The number of halogens is 1. The number of hydrogen-bond donors (Lipinski definition) is 2. The summed E-state index contributed by atoms with van der Waals surface area (Å²) in [6.07, 6.45) is 2.73. The number of esters is 1. The highest BCUT2D eigenvalue weighted by Gasteiger charge is 2.23. The molecule has 9 nitrogen and oxygen atoms in total. The highest BCUT2D eigenvalue weighted by molar-refractivity contribution is 7.09. The predicted molar refractivity (Wildman–Crippen MR) is 137 cm³/mol. The van der Waals surface area contributed by atoms with Gasteiger partial charge in [-0.2, -0.15) is 4.37 Å². The second-order valence-corrected chi connectivity index (χ2v) is 9.76. The van der Waals surface area contributed by atoms with Crippen LogP contribution in [0.1, 0.15) is 43.0 Å². The summed E-state index contributed by atoms with van der Waals surface area (Å²) in [5.41, 5.74) is 7.70. The fourth-order valence-electron chi connectivity index (χ4n) is 4.12. The van der Waals surface area contributed by atoms with Gasteiger partial charge in [0.15, 0.2) is 23.7 Å². The molecule has 2 atom stereocenters. The minimum absolute atomic E-state index is 0.134. The van der Waals surface area contributed by atoms with Gasteiger partial charge in [0.05, 0.1) is 5.56 Å². The molecule has 1 aliphatic heterocycles. The number of aromatic nitrogens is 2. The molecule has 4 rings (SSSR count). The number of benzene rings is 2. The fraction of sp³-hybridized carbons (Fsp3) is 0.346. The molecule has 1 aliphatic rings. The fourth-order valence-corrected chi connectivity index (χ4v) is 4.79. The van der Waals surface area contributed by atoms with Crippen molar-refractivity contribution < 1.29 is 28.6 Å². The van der Waals surface area contributed by atoms with Crippen molar-refractivity contribution in [3.63, 3.8) is 0 Å². The first-order chi connectivity index (χ1) is 17.8. The number of rotatable bonds is 10. The van der Waals surface area contributed by atoms with Crippen LogP contribution in [0, 0.1) is 11.7 Å². The Balaban J connectivity index is 1.46. The number of nitrogens with zero attached hydrogens (tertiary/aromatic N) is 3. The summed E-state index contributed by atoms with van der Waals surface area (Å²) in [6, 6.07) is 9.36. The van der Waals surface area contributed by atoms with Crippen molar-refractivity contribution in [3.05, 3.63) is 47.8 Å². The van der Waals surface area contributed by atoms with Gasteiger partial charge < -0.3 is 20.5 Å². The Hall–Kier alpha value is -3.70. The van der Waals surface area contributed by atoms with Crippen molar-refractivity contribution in [2.45, 2.75) is 38.6 Å². The quantitative estimate of drug-likeness (QED) is 0.227. The monoisotopic (exact) mass is 526 g/mol. The van der Waals surface area contributed by atoms with Crippen molar-refractivity contribution >= 4 is 35.4 Å². The third kappa shape index (κ3) is 6.17. The zero-order valence-corrected chi connectivity index (χ0v) is 21.0. The van der Waals surface area contributed by atoms with Crippen LogP contribution in [0.15, 0.2) is 36.4 Å². The lowest BCUT2D eigenvalue weighted by molar-refractivity contribution is -0.140. The van der Waals surface area contributed by atoms with Crippen LogP contribution in [0.4, 0.5) is 10.1 Å². The Morgan fingerprint density at radius 3 is 2.57 bits per heavy atom. The summed E-state index contributed by atoms with van der Waals surface area (Å²) in [6.45, 7) is 3.69. The predicted octanol–water partition coefficient (Wildman–Crippen LogP) is 4.16. The van der Waals surface area contributed by atoms with E-state index in [4.69, 9.17) is 15.6 Å². The molecule has 0 unspecified atom stereocenters. The van der Waals surface area contributed by atoms with E-state index in [0.717, 1.165) is 41.9 Å². The number of aliphatic carboxylic acids is 1. The highest BCUT2D eigenvalue weighted by atomic mass is 32.1. The molecule has 1 aromatic heterocycles. The molecule has 0 radical (unpaired) electrons. The van der Waals surface area contributed by atoms with Crippen LogP contribution in [0.5, 0.6) is 5.75 Å². The molecule has 2 aromatic carbocycles. The van der Waals surface area contributed by atoms with Crippen molar-refractivity contribution in [1.29, 1.82) is 0 Å². The topological polar surface area (TPSA) is 136 Å². The Kier molecular flexibility index (Phi) is 8.24. The van der Waals surface area contributed by atoms with Gasteiger partial charge in [0, 0.05) is 36.3 Å². The Labute approximate surface area is 217 Å². The number of anilines is 1. The minimum atomic E-state index is -1.18. The second kappa shape index (κ2) is 11.6. The molecule has 0 bridgehead atoms. The molecule has 3 N–H and O–H groups in total. The van der Waals surface area contributed by atoms with Crippen LogP contribution in [0.25, 0.3) is 22.0 Å². The molecule has 1 saturated heterocycles. The van der Waals surface area contributed by atoms with Crippen LogP contribution < -0.4 is 15.4 Å². The van der Waals surface area contributed by atoms with Crippen molar-refractivity contribution in [2.75, 3.05) is 18.0 Å². The zero-order chi connectivity index (χ0) is 26.5. The zero-order valence-electron chi connectivity index (χ0n) is 20.2. The van der Waals surface area contributed by atoms with E-state index in [9.17, 15) is 18.8 Å². The van der Waals surface area contributed by atoms with Crippen molar-refractivity contribution in [1.82, 2.24) is 9.36 Å². The Morgan fingerprint density at radius 2 is 1.92 bits per heavy atom. The SMILES string of the molecule is C[C@@H](CCC(=O)Oc1c(F)cc(-c2nc(-c3ccc(N4CCCC4)cc3)ns2)cc1C=O)[C@H](N)C(=O)O. The van der Waals surface area contributed by atoms with E-state index in [1.165, 1.54) is 18.9 Å². The third-order valence-corrected chi connectivity index (χ3v) is 7.15. The number of aldehydes is 1. The molecule has 2 heterocycles. The largest absolute Gasteiger partial charge is 0.480 e. The molecule has 194 valence electrons. The van der Waals surface area contributed by atoms with Crippen LogP contribution in [0.3, 0.4) is 0 Å². The number of carboxylic acids is 1. The van der Waals surface area contributed by atoms with Gasteiger partial charge in [-0.15, -0.1) is 0 Å². The number of nitrogens with two attached hydrogens (primary N) is 1. The van der Waals surface area contributed by atoms with Gasteiger partial charge in [-0.05, 0) is 73.1 Å². The summed E-state index contributed by atoms with van der Waals surface area (Å²) >= 11 is 1.07. The van der Waals surface area contributed by atoms with E-state index in [-0.39, 0.29) is 18.4 Å². The summed E-state index contributed by atoms with van der Waals surface area (Å²) < 4.78 is 24.4. The van der Waals surface area contributed by atoms with Gasteiger partial charge >= 0.3 is 11.9 Å². The maximum atomic E-state index is 14.9. The average molecular weight is 527 g/mol. The summed E-state index contributed by atoms with van der Waals surface area (Å²) in [7, 11) is 0. The summed E-state index contributed by atoms with van der Waals surface area (Å²) in [4.78, 5) is 41.7. The first-order valence-electron chi connectivity index (χ1n) is 11.9. The third-order valence-electron chi connectivity index (χ3n) is 6.39. The first kappa shape index (κ1) is 26.4. The van der Waals surface area contributed by atoms with E-state index in [1.54, 1.807) is 6.92 Å². The van der Waals surface area contributed by atoms with Crippen LogP contribution in [0.2, 0.25) is 0 Å². The van der Waals surface area contributed by atoms with E-state index >= 15 is 0 Å². The van der Waals surface area contributed by atoms with E-state index in [2.05, 4.69) is 14.3 Å². The van der Waals surface area contributed by atoms with E-state index in [1.807, 2.05) is 24.3 Å². The van der Waals surface area contributed by atoms with Crippen molar-refractivity contribution in [2.24, 2.45) is 11.7 Å². The Morgan fingerprint density at radius 1 is 1.22 bits per heavy atom. The van der Waals surface area contributed by atoms with Crippen LogP contribution >= 0.6 is 11.5 Å². The molecule has 3 aromatic rings. The smallest absolute Gasteiger partial charge is 0.320 e. The summed E-state index contributed by atoms with van der Waals surface area (Å²) in [5, 5.41) is 9.37. The van der Waals surface area contributed by atoms with Gasteiger partial charge in [-0.1, -0.05) is 6.92 Å². The maximum Gasteiger partial charge on any atom is 0.320 e. The molecule has 1 fully saturated rings. The van der Waals surface area contributed by atoms with Gasteiger partial charge in [-0.25, -0.2) is 9.37 Å². The highest BCUT2D eigenvalue weighted by Crippen LogP contribution is 2.32. The lowest BCUT2D eigenvalue weighted by atomic mass is 9.97. The molecule has 0 spiro atoms. The molecule has 0 aliphatic carbocycles. The van der Waals surface area contributed by atoms with Crippen LogP contribution in [-0.4, -0.2) is 51.8 Å². The van der Waals surface area contributed by atoms with Gasteiger partial charge in [0.2, 0.25) is 0 Å². The molecular weight excluding hydrogens is 499 g/mol. The second-order valence-electron chi connectivity index (χ2n) is 9.01. The molecule has 0 saturated carbocycles. The normalized spacial score (nSPS) is 14.8. The lowest BCUT2D eigenvalue weighted by Crippen LogP contribution is -2.36. The molecule has 11 heteroatoms. The number of carboxylic acid groups (broad SMARTS) is 1. The maximum absolute atomic E-state index is 14.9. The molecule has 37 heavy (non-hydrogen) atoms. The van der Waals surface area contributed by atoms with Gasteiger partial charge in [0.1, 0.15) is 11.0 Å². The van der Waals surface area contributed by atoms with Gasteiger partial charge in [0.25, 0.3) is 0 Å². The summed E-state index contributed by atoms with van der Waals surface area (Å²) in [5.74, 6) is -3.35. The Bertz CT molecular complexity index is 1290. The standard InChI is InChI=1S/C26H27FN4O5S/c1-15(22(28)26(34)35)4-9-21(33)36-23-18(14-32)12-17(13-20(23)27)25-29-24(30-37-25)16-5-7-19(8-6-16)31-10-2-3-11-31/h5-8,12-15,22H,2-4,9-11,28H2,1H3,(H,34,35)/t15-,22-/m0/s1. The minimum Gasteiger partial charge on any atom is -0.480 e. The first-order valence-corrected chi connectivity index (χ1v) is 12.7. The number of hydrogen-bond acceptors (Lipinski definition) is 9.